The molecule has 10 heteroatoms. The van der Waals surface area contributed by atoms with Crippen LogP contribution in [0, 0.1) is 20.8 Å². The second kappa shape index (κ2) is 7.40. The molecule has 31 heavy (non-hydrogen) atoms. The molecule has 1 aromatic carbocycles. The van der Waals surface area contributed by atoms with Crippen LogP contribution < -0.4 is 5.32 Å². The van der Waals surface area contributed by atoms with Gasteiger partial charge in [-0.05, 0) is 67.1 Å². The van der Waals surface area contributed by atoms with Gasteiger partial charge in [0.05, 0.1) is 32.9 Å². The Labute approximate surface area is 180 Å². The number of fused-ring (bicyclic) bond motifs is 1. The number of hydrogen-bond acceptors (Lipinski definition) is 8. The van der Waals surface area contributed by atoms with Crippen molar-refractivity contribution in [3.63, 3.8) is 0 Å². The van der Waals surface area contributed by atoms with Crippen molar-refractivity contribution in [2.24, 2.45) is 0 Å². The number of benzene rings is 1. The van der Waals surface area contributed by atoms with E-state index in [9.17, 15) is 4.79 Å². The fourth-order valence-corrected chi connectivity index (χ4v) is 4.16. The lowest BCUT2D eigenvalue weighted by atomic mass is 10.1. The van der Waals surface area contributed by atoms with Crippen LogP contribution in [0.25, 0.3) is 27.4 Å². The summed E-state index contributed by atoms with van der Waals surface area (Å²) in [6.07, 6.45) is 1.50. The minimum atomic E-state index is -0.273. The second-order valence-corrected chi connectivity index (χ2v) is 8.41. The van der Waals surface area contributed by atoms with Crippen molar-refractivity contribution in [2.75, 3.05) is 5.32 Å². The molecule has 0 unspecified atom stereocenters. The summed E-state index contributed by atoms with van der Waals surface area (Å²) in [5, 5.41) is 18.8. The number of nitrogens with zero attached hydrogens (tertiary/aromatic N) is 6. The maximum atomic E-state index is 13.4. The first-order valence-corrected chi connectivity index (χ1v) is 10.3. The topological polar surface area (TPSA) is 112 Å². The third-order valence-corrected chi connectivity index (χ3v) is 5.96. The molecule has 0 atom stereocenters. The van der Waals surface area contributed by atoms with Gasteiger partial charge in [0, 0.05) is 10.6 Å². The highest BCUT2D eigenvalue weighted by Gasteiger charge is 2.20. The maximum Gasteiger partial charge on any atom is 0.259 e. The second-order valence-electron chi connectivity index (χ2n) is 7.12. The first-order chi connectivity index (χ1) is 15.0. The van der Waals surface area contributed by atoms with Crippen LogP contribution >= 0.6 is 11.3 Å². The fourth-order valence-electron chi connectivity index (χ4n) is 3.33. The molecule has 0 saturated heterocycles. The lowest BCUT2D eigenvalue weighted by Crippen LogP contribution is -2.14. The van der Waals surface area contributed by atoms with E-state index in [1.165, 1.54) is 11.0 Å². The Kier molecular flexibility index (Phi) is 4.55. The Hall–Kier alpha value is -3.92. The van der Waals surface area contributed by atoms with Crippen LogP contribution in [0.5, 0.6) is 0 Å². The molecule has 0 fully saturated rings. The summed E-state index contributed by atoms with van der Waals surface area (Å²) in [7, 11) is 0. The first-order valence-electron chi connectivity index (χ1n) is 9.49. The van der Waals surface area contributed by atoms with E-state index in [0.29, 0.717) is 33.7 Å². The molecule has 0 aliphatic carbocycles. The summed E-state index contributed by atoms with van der Waals surface area (Å²) in [5.41, 5.74) is 4.38. The number of rotatable bonds is 4. The molecule has 0 bridgehead atoms. The molecule has 5 rings (SSSR count). The Morgan fingerprint density at radius 2 is 2.00 bits per heavy atom. The van der Waals surface area contributed by atoms with Crippen LogP contribution in [-0.4, -0.2) is 36.3 Å². The van der Waals surface area contributed by atoms with Gasteiger partial charge in [0.2, 0.25) is 0 Å². The first kappa shape index (κ1) is 19.1. The third-order valence-electron chi connectivity index (χ3n) is 4.94. The van der Waals surface area contributed by atoms with E-state index in [-0.39, 0.29) is 5.91 Å². The monoisotopic (exact) mass is 431 g/mol. The third kappa shape index (κ3) is 3.46. The zero-order valence-electron chi connectivity index (χ0n) is 16.9. The van der Waals surface area contributed by atoms with Crippen molar-refractivity contribution in [2.45, 2.75) is 20.8 Å². The summed E-state index contributed by atoms with van der Waals surface area (Å²) < 4.78 is 6.92. The quantitative estimate of drug-likeness (QED) is 0.456. The highest BCUT2D eigenvalue weighted by molar-refractivity contribution is 7.15. The molecule has 0 saturated carbocycles. The van der Waals surface area contributed by atoms with Crippen molar-refractivity contribution < 1.29 is 9.32 Å². The maximum absolute atomic E-state index is 13.4. The summed E-state index contributed by atoms with van der Waals surface area (Å²) in [5.74, 6) is -0.273. The number of pyridine rings is 1. The number of tetrazole rings is 1. The van der Waals surface area contributed by atoms with Crippen molar-refractivity contribution in [3.05, 3.63) is 64.4 Å². The smallest absolute Gasteiger partial charge is 0.259 e. The van der Waals surface area contributed by atoms with E-state index in [2.05, 4.69) is 31.0 Å². The van der Waals surface area contributed by atoms with E-state index in [4.69, 9.17) is 4.52 Å². The predicted octanol–water partition coefficient (Wildman–Crippen LogP) is 4.10. The number of thiophene rings is 1. The van der Waals surface area contributed by atoms with E-state index < -0.39 is 0 Å². The van der Waals surface area contributed by atoms with Gasteiger partial charge in [0.25, 0.3) is 11.6 Å². The molecule has 4 aromatic heterocycles. The number of amides is 1. The summed E-state index contributed by atoms with van der Waals surface area (Å²) >= 11 is 1.61. The Bertz CT molecular complexity index is 1420. The van der Waals surface area contributed by atoms with Gasteiger partial charge in [-0.25, -0.2) is 9.67 Å². The Morgan fingerprint density at radius 3 is 2.74 bits per heavy atom. The van der Waals surface area contributed by atoms with Crippen LogP contribution in [0.1, 0.15) is 26.5 Å². The molecule has 0 aliphatic rings. The minimum absolute atomic E-state index is 0.273. The van der Waals surface area contributed by atoms with Gasteiger partial charge in [0.1, 0.15) is 6.33 Å². The van der Waals surface area contributed by atoms with Crippen LogP contribution in [0.15, 0.2) is 47.2 Å². The van der Waals surface area contributed by atoms with E-state index in [0.717, 1.165) is 21.0 Å². The summed E-state index contributed by atoms with van der Waals surface area (Å²) in [6.45, 7) is 5.74. The molecular formula is C21H17N7O2S. The largest absolute Gasteiger partial charge is 0.335 e. The molecule has 0 radical (unpaired) electrons. The van der Waals surface area contributed by atoms with E-state index in [1.807, 2.05) is 44.2 Å². The molecule has 5 aromatic rings. The van der Waals surface area contributed by atoms with Gasteiger partial charge in [-0.2, -0.15) is 0 Å². The standard InChI is InChI=1S/C21H17N7O2S/c1-11-4-6-14(28-10-22-26-27-28)8-16(11)23-20(29)15-9-17(18-7-5-12(2)31-18)24-21-19(15)13(3)25-30-21/h4-10H,1-3H3,(H,23,29). The number of anilines is 1. The molecule has 4 heterocycles. The van der Waals surface area contributed by atoms with Crippen molar-refractivity contribution >= 4 is 34.0 Å². The van der Waals surface area contributed by atoms with E-state index in [1.54, 1.807) is 24.3 Å². The average molecular weight is 431 g/mol. The van der Waals surface area contributed by atoms with Crippen LogP contribution in [0.4, 0.5) is 5.69 Å². The molecular weight excluding hydrogens is 414 g/mol. The fraction of sp³-hybridized carbons (Fsp3) is 0.143. The molecule has 0 aliphatic heterocycles. The van der Waals surface area contributed by atoms with Crippen molar-refractivity contribution in [3.8, 4) is 16.3 Å². The summed E-state index contributed by atoms with van der Waals surface area (Å²) in [6, 6.07) is 11.4. The lowest BCUT2D eigenvalue weighted by molar-refractivity contribution is 0.102. The SMILES string of the molecule is Cc1ccc(-c2cc(C(=O)Nc3cc(-n4cnnn4)ccc3C)c3c(C)noc3n2)s1. The number of carbonyl (C=O) groups is 1. The van der Waals surface area contributed by atoms with Crippen LogP contribution in [0.2, 0.25) is 0 Å². The highest BCUT2D eigenvalue weighted by Crippen LogP contribution is 2.31. The Balaban J connectivity index is 1.57. The summed E-state index contributed by atoms with van der Waals surface area (Å²) in [4.78, 5) is 20.1. The van der Waals surface area contributed by atoms with Gasteiger partial charge in [-0.15, -0.1) is 16.4 Å². The van der Waals surface area contributed by atoms with Gasteiger partial charge in [-0.3, -0.25) is 4.79 Å². The van der Waals surface area contributed by atoms with Gasteiger partial charge in [0.15, 0.2) is 0 Å². The minimum Gasteiger partial charge on any atom is -0.335 e. The molecule has 9 nitrogen and oxygen atoms in total. The van der Waals surface area contributed by atoms with Crippen molar-refractivity contribution in [1.29, 1.82) is 0 Å². The average Bonchev–Trinajstić information content (AvgIpc) is 3.51. The number of carbonyl (C=O) groups excluding carboxylic acids is 1. The number of aromatic nitrogens is 6. The van der Waals surface area contributed by atoms with Crippen molar-refractivity contribution in [1.82, 2.24) is 30.3 Å². The van der Waals surface area contributed by atoms with Crippen LogP contribution in [0.3, 0.4) is 0 Å². The molecule has 154 valence electrons. The highest BCUT2D eigenvalue weighted by atomic mass is 32.1. The van der Waals surface area contributed by atoms with Gasteiger partial charge in [-0.1, -0.05) is 11.2 Å². The van der Waals surface area contributed by atoms with Gasteiger partial charge < -0.3 is 9.84 Å². The number of aryl methyl sites for hydroxylation is 3. The Morgan fingerprint density at radius 1 is 1.13 bits per heavy atom. The molecule has 1 amide bonds. The molecule has 1 N–H and O–H groups in total. The number of nitrogens with one attached hydrogen (secondary N) is 1. The normalized spacial score (nSPS) is 11.2. The van der Waals surface area contributed by atoms with Crippen LogP contribution in [-0.2, 0) is 0 Å². The van der Waals surface area contributed by atoms with Gasteiger partial charge >= 0.3 is 0 Å². The predicted molar refractivity (Wildman–Crippen MR) is 116 cm³/mol. The molecule has 0 spiro atoms. The number of hydrogen-bond donors (Lipinski definition) is 1. The zero-order chi connectivity index (χ0) is 21.5. The van der Waals surface area contributed by atoms with E-state index >= 15 is 0 Å². The zero-order valence-corrected chi connectivity index (χ0v) is 17.8. The lowest BCUT2D eigenvalue weighted by Gasteiger charge is -2.11.